The number of allylic oxidation sites excluding steroid dienone is 1. The highest BCUT2D eigenvalue weighted by atomic mass is 28.4. The molecule has 0 fully saturated rings. The maximum absolute atomic E-state index is 12.3. The number of carbonyl (C=O) groups is 2. The summed E-state index contributed by atoms with van der Waals surface area (Å²) in [6.07, 6.45) is 1.28. The fourth-order valence-electron chi connectivity index (χ4n) is 4.03. The first-order valence-corrected chi connectivity index (χ1v) is 11.5. The average molecular weight is 387 g/mol. The summed E-state index contributed by atoms with van der Waals surface area (Å²) in [5.41, 5.74) is 1.89. The van der Waals surface area contributed by atoms with Crippen LogP contribution >= 0.6 is 0 Å². The van der Waals surface area contributed by atoms with Gasteiger partial charge in [0.05, 0.1) is 7.11 Å². The van der Waals surface area contributed by atoms with Crippen LogP contribution in [-0.2, 0) is 23.5 Å². The molecule has 0 heterocycles. The van der Waals surface area contributed by atoms with Crippen molar-refractivity contribution in [1.29, 1.82) is 0 Å². The Morgan fingerprint density at radius 1 is 0.885 bits per heavy atom. The number of esters is 1. The minimum atomic E-state index is -2.27. The van der Waals surface area contributed by atoms with Crippen molar-refractivity contribution < 1.29 is 23.5 Å². The number of ether oxygens (including phenoxy) is 2. The van der Waals surface area contributed by atoms with Crippen LogP contribution in [0.5, 0.6) is 0 Å². The Balaban J connectivity index is 6.25. The van der Waals surface area contributed by atoms with E-state index in [1.165, 1.54) is 14.2 Å². The minimum Gasteiger partial charge on any atom is -0.467 e. The summed E-state index contributed by atoms with van der Waals surface area (Å²) in [4.78, 5) is 23.4. The second-order valence-electron chi connectivity index (χ2n) is 7.94. The van der Waals surface area contributed by atoms with Gasteiger partial charge in [0.2, 0.25) is 8.32 Å². The lowest BCUT2D eigenvalue weighted by atomic mass is 10.0. The van der Waals surface area contributed by atoms with E-state index in [0.717, 1.165) is 11.9 Å². The van der Waals surface area contributed by atoms with Gasteiger partial charge in [-0.05, 0) is 29.1 Å². The first-order chi connectivity index (χ1) is 12.0. The summed E-state index contributed by atoms with van der Waals surface area (Å²) in [5.74, 6) is -0.729. The number of aldehydes is 1. The van der Waals surface area contributed by atoms with Crippen LogP contribution in [-0.4, -0.2) is 47.0 Å². The van der Waals surface area contributed by atoms with Gasteiger partial charge in [0.15, 0.2) is 6.10 Å². The van der Waals surface area contributed by atoms with Gasteiger partial charge in [-0.3, -0.25) is 0 Å². The Bertz CT molecular complexity index is 463. The topological polar surface area (TPSA) is 61.8 Å². The van der Waals surface area contributed by atoms with E-state index in [2.05, 4.69) is 41.5 Å². The zero-order valence-corrected chi connectivity index (χ0v) is 19.2. The molecule has 152 valence electrons. The van der Waals surface area contributed by atoms with E-state index < -0.39 is 26.5 Å². The molecule has 6 heteroatoms. The summed E-state index contributed by atoms with van der Waals surface area (Å²) in [7, 11) is 0.558. The summed E-state index contributed by atoms with van der Waals surface area (Å²) >= 11 is 0. The molecule has 0 aliphatic rings. The van der Waals surface area contributed by atoms with Gasteiger partial charge in [0.25, 0.3) is 0 Å². The van der Waals surface area contributed by atoms with Gasteiger partial charge in [-0.1, -0.05) is 54.5 Å². The first kappa shape index (κ1) is 25.0. The molecule has 5 nitrogen and oxygen atoms in total. The highest BCUT2D eigenvalue weighted by Gasteiger charge is 2.49. The fraction of sp³-hybridized carbons (Fsp3) is 0.800. The fourth-order valence-corrected chi connectivity index (χ4v) is 9.60. The molecule has 0 unspecified atom stereocenters. The predicted octanol–water partition coefficient (Wildman–Crippen LogP) is 4.52. The van der Waals surface area contributed by atoms with Crippen molar-refractivity contribution in [2.24, 2.45) is 5.92 Å². The van der Waals surface area contributed by atoms with Crippen molar-refractivity contribution in [3.63, 3.8) is 0 Å². The van der Waals surface area contributed by atoms with E-state index in [0.29, 0.717) is 16.6 Å². The first-order valence-electron chi connectivity index (χ1n) is 9.41. The molecule has 0 aromatic carbocycles. The Kier molecular flexibility index (Phi) is 10.6. The standard InChI is InChI=1S/C20H38O5Si/c1-13(2)26(14(3)4,15(5)6)25-18(17(8)11-16(7)12-21)19(23-9)20(22)24-10/h11-16,18-19H,1-10H3/b17-11+/t16-,18-,19-/m1/s1. The Labute approximate surface area is 160 Å². The molecule has 0 saturated heterocycles. The molecular weight excluding hydrogens is 348 g/mol. The largest absolute Gasteiger partial charge is 0.467 e. The van der Waals surface area contributed by atoms with Crippen molar-refractivity contribution >= 4 is 20.6 Å². The van der Waals surface area contributed by atoms with Crippen LogP contribution in [0.15, 0.2) is 11.6 Å². The molecular formula is C20H38O5Si. The molecule has 0 radical (unpaired) electrons. The molecule has 0 aliphatic heterocycles. The molecule has 26 heavy (non-hydrogen) atoms. The summed E-state index contributed by atoms with van der Waals surface area (Å²) in [6, 6.07) is 0. The molecule has 0 bridgehead atoms. The predicted molar refractivity (Wildman–Crippen MR) is 108 cm³/mol. The van der Waals surface area contributed by atoms with E-state index in [4.69, 9.17) is 13.9 Å². The third-order valence-corrected chi connectivity index (χ3v) is 11.3. The highest BCUT2D eigenvalue weighted by Crippen LogP contribution is 2.44. The van der Waals surface area contributed by atoms with E-state index in [9.17, 15) is 9.59 Å². The Morgan fingerprint density at radius 3 is 1.65 bits per heavy atom. The van der Waals surface area contributed by atoms with Gasteiger partial charge in [-0.15, -0.1) is 0 Å². The smallest absolute Gasteiger partial charge is 0.338 e. The van der Waals surface area contributed by atoms with Crippen molar-refractivity contribution in [1.82, 2.24) is 0 Å². The zero-order chi connectivity index (χ0) is 20.7. The van der Waals surface area contributed by atoms with Gasteiger partial charge < -0.3 is 18.7 Å². The second kappa shape index (κ2) is 11.0. The molecule has 0 saturated carbocycles. The summed E-state index contributed by atoms with van der Waals surface area (Å²) in [6.45, 7) is 16.8. The number of hydrogen-bond acceptors (Lipinski definition) is 5. The quantitative estimate of drug-likeness (QED) is 0.226. The summed E-state index contributed by atoms with van der Waals surface area (Å²) < 4.78 is 17.3. The number of hydrogen-bond donors (Lipinski definition) is 0. The van der Waals surface area contributed by atoms with Gasteiger partial charge in [-0.25, -0.2) is 4.79 Å². The molecule has 3 atom stereocenters. The lowest BCUT2D eigenvalue weighted by molar-refractivity contribution is -0.157. The lowest BCUT2D eigenvalue weighted by Gasteiger charge is -2.45. The Morgan fingerprint density at radius 2 is 1.35 bits per heavy atom. The maximum Gasteiger partial charge on any atom is 0.338 e. The molecule has 0 N–H and O–H groups in total. The Hall–Kier alpha value is -0.983. The van der Waals surface area contributed by atoms with Crippen LogP contribution < -0.4 is 0 Å². The van der Waals surface area contributed by atoms with Crippen molar-refractivity contribution in [2.45, 2.75) is 84.2 Å². The molecule has 0 aliphatic carbocycles. The van der Waals surface area contributed by atoms with E-state index in [1.807, 2.05) is 19.9 Å². The monoisotopic (exact) mass is 386 g/mol. The van der Waals surface area contributed by atoms with Crippen molar-refractivity contribution in [2.75, 3.05) is 14.2 Å². The molecule has 0 aromatic rings. The van der Waals surface area contributed by atoms with E-state index in [1.54, 1.807) is 0 Å². The maximum atomic E-state index is 12.3. The molecule has 0 amide bonds. The van der Waals surface area contributed by atoms with Crippen LogP contribution in [0.25, 0.3) is 0 Å². The van der Waals surface area contributed by atoms with Crippen LogP contribution in [0.1, 0.15) is 55.4 Å². The van der Waals surface area contributed by atoms with Crippen LogP contribution in [0.3, 0.4) is 0 Å². The average Bonchev–Trinajstić information content (AvgIpc) is 2.56. The number of methoxy groups -OCH3 is 2. The van der Waals surface area contributed by atoms with Crippen LogP contribution in [0.4, 0.5) is 0 Å². The van der Waals surface area contributed by atoms with Gasteiger partial charge in [0, 0.05) is 13.0 Å². The SMILES string of the molecule is COC(=O)[C@H](OC)[C@H](O[Si](C(C)C)(C(C)C)C(C)C)/C(C)=C/[C@@H](C)C=O. The number of carbonyl (C=O) groups excluding carboxylic acids is 2. The van der Waals surface area contributed by atoms with Crippen LogP contribution in [0.2, 0.25) is 16.6 Å². The third-order valence-electron chi connectivity index (χ3n) is 5.19. The van der Waals surface area contributed by atoms with Crippen molar-refractivity contribution in [3.05, 3.63) is 11.6 Å². The van der Waals surface area contributed by atoms with Crippen molar-refractivity contribution in [3.8, 4) is 0 Å². The molecule has 0 spiro atoms. The summed E-state index contributed by atoms with van der Waals surface area (Å²) in [5, 5.41) is 0. The van der Waals surface area contributed by atoms with Gasteiger partial charge in [-0.2, -0.15) is 0 Å². The highest BCUT2D eigenvalue weighted by molar-refractivity contribution is 6.77. The normalized spacial score (nSPS) is 16.7. The zero-order valence-electron chi connectivity index (χ0n) is 18.2. The second-order valence-corrected chi connectivity index (χ2v) is 13.3. The van der Waals surface area contributed by atoms with Gasteiger partial charge >= 0.3 is 5.97 Å². The van der Waals surface area contributed by atoms with E-state index >= 15 is 0 Å². The lowest BCUT2D eigenvalue weighted by Crippen LogP contribution is -2.54. The van der Waals surface area contributed by atoms with E-state index in [-0.39, 0.29) is 5.92 Å². The van der Waals surface area contributed by atoms with Gasteiger partial charge in [0.1, 0.15) is 12.4 Å². The molecule has 0 aromatic heterocycles. The third kappa shape index (κ3) is 5.76. The van der Waals surface area contributed by atoms with Crippen LogP contribution in [0, 0.1) is 5.92 Å². The number of rotatable bonds is 11. The minimum absolute atomic E-state index is 0.260. The molecule has 0 rings (SSSR count).